The molecule has 2 aromatic rings. The summed E-state index contributed by atoms with van der Waals surface area (Å²) in [6.45, 7) is 4.20. The maximum Gasteiger partial charge on any atom is 0.335 e. The van der Waals surface area contributed by atoms with Crippen molar-refractivity contribution < 1.29 is 47.7 Å². The molecule has 3 rings (SSSR count). The molecule has 1 heterocycles. The van der Waals surface area contributed by atoms with E-state index in [4.69, 9.17) is 34.1 Å². The molecule has 15 heteroatoms. The van der Waals surface area contributed by atoms with Crippen molar-refractivity contribution in [1.29, 1.82) is 0 Å². The second-order valence-electron chi connectivity index (χ2n) is 9.76. The first-order valence-electron chi connectivity index (χ1n) is 15.0. The minimum absolute atomic E-state index is 0.0532. The van der Waals surface area contributed by atoms with E-state index in [-0.39, 0.29) is 38.3 Å². The van der Waals surface area contributed by atoms with Crippen LogP contribution in [-0.2, 0) is 38.2 Å². The van der Waals surface area contributed by atoms with Gasteiger partial charge in [0.25, 0.3) is 11.8 Å². The number of carbonyl (C=O) groups excluding carboxylic acids is 4. The van der Waals surface area contributed by atoms with E-state index in [0.717, 1.165) is 5.69 Å². The summed E-state index contributed by atoms with van der Waals surface area (Å²) >= 11 is 0. The molecule has 2 amide bonds. The first-order chi connectivity index (χ1) is 22.5. The van der Waals surface area contributed by atoms with Gasteiger partial charge in [-0.3, -0.25) is 14.4 Å². The van der Waals surface area contributed by atoms with Crippen molar-refractivity contribution in [3.63, 3.8) is 0 Å². The first kappa shape index (κ1) is 35.9. The number of hydrogen-bond donors (Lipinski definition) is 1. The number of benzene rings is 2. The maximum atomic E-state index is 12.8. The topological polar surface area (TPSA) is 188 Å². The van der Waals surface area contributed by atoms with E-state index in [1.165, 1.54) is 0 Å². The molecule has 0 radical (unpaired) electrons. The molecule has 0 saturated carbocycles. The summed E-state index contributed by atoms with van der Waals surface area (Å²) in [5, 5.41) is 7.22. The number of hydroxylamine groups is 2. The predicted molar refractivity (Wildman–Crippen MR) is 164 cm³/mol. The molecule has 1 aliphatic rings. The third-order valence-corrected chi connectivity index (χ3v) is 6.34. The largest absolute Gasteiger partial charge is 0.494 e. The Balaban J connectivity index is 1.13. The summed E-state index contributed by atoms with van der Waals surface area (Å²) in [4.78, 5) is 54.7. The van der Waals surface area contributed by atoms with Crippen molar-refractivity contribution in [2.75, 3.05) is 77.9 Å². The number of carbonyl (C=O) groups is 4. The minimum Gasteiger partial charge on any atom is -0.494 e. The van der Waals surface area contributed by atoms with Crippen LogP contribution < -0.4 is 10.1 Å². The Kier molecular flexibility index (Phi) is 16.6. The highest BCUT2D eigenvalue weighted by atomic mass is 16.7. The molecule has 1 fully saturated rings. The van der Waals surface area contributed by atoms with Crippen molar-refractivity contribution in [1.82, 2.24) is 5.06 Å². The zero-order valence-electron chi connectivity index (χ0n) is 25.6. The monoisotopic (exact) mass is 641 g/mol. The van der Waals surface area contributed by atoms with E-state index in [1.807, 2.05) is 12.1 Å². The fourth-order valence-corrected chi connectivity index (χ4v) is 3.97. The van der Waals surface area contributed by atoms with Crippen LogP contribution in [0.1, 0.15) is 41.6 Å². The summed E-state index contributed by atoms with van der Waals surface area (Å²) in [5.74, 6) is -1.18. The van der Waals surface area contributed by atoms with Crippen LogP contribution in [0.2, 0.25) is 0 Å². The first-order valence-corrected chi connectivity index (χ1v) is 15.0. The van der Waals surface area contributed by atoms with Gasteiger partial charge in [-0.25, -0.2) is 4.79 Å². The number of anilines is 1. The number of amides is 2. The molecule has 1 aliphatic heterocycles. The minimum atomic E-state index is -0.706. The Bertz CT molecular complexity index is 1280. The number of nitrogens with one attached hydrogen (secondary N) is 1. The molecule has 1 saturated heterocycles. The number of rotatable bonds is 24. The van der Waals surface area contributed by atoms with Gasteiger partial charge in [0, 0.05) is 47.7 Å². The lowest BCUT2D eigenvalue weighted by Crippen LogP contribution is -2.32. The van der Waals surface area contributed by atoms with Crippen LogP contribution in [0.4, 0.5) is 5.69 Å². The van der Waals surface area contributed by atoms with E-state index in [9.17, 15) is 19.2 Å². The van der Waals surface area contributed by atoms with Crippen molar-refractivity contribution in [3.8, 4) is 5.75 Å². The van der Waals surface area contributed by atoms with Gasteiger partial charge in [0.1, 0.15) is 5.75 Å². The van der Waals surface area contributed by atoms with Gasteiger partial charge in [-0.15, -0.1) is 5.06 Å². The molecule has 0 aliphatic carbocycles. The van der Waals surface area contributed by atoms with Gasteiger partial charge in [-0.2, -0.15) is 0 Å². The van der Waals surface area contributed by atoms with Crippen LogP contribution in [0.15, 0.2) is 53.6 Å². The van der Waals surface area contributed by atoms with Gasteiger partial charge < -0.3 is 33.8 Å². The Morgan fingerprint density at radius 3 is 1.89 bits per heavy atom. The Morgan fingerprint density at radius 1 is 0.761 bits per heavy atom. The Labute approximate surface area is 266 Å². The van der Waals surface area contributed by atoms with E-state index < -0.39 is 17.8 Å². The smallest absolute Gasteiger partial charge is 0.335 e. The molecular weight excluding hydrogens is 602 g/mol. The summed E-state index contributed by atoms with van der Waals surface area (Å²) in [7, 11) is 0. The number of hydrogen-bond acceptors (Lipinski definition) is 12. The molecule has 0 atom stereocenters. The highest BCUT2D eigenvalue weighted by Gasteiger charge is 2.32. The number of imide groups is 1. The zero-order valence-corrected chi connectivity index (χ0v) is 25.6. The molecule has 1 N–H and O–H groups in total. The summed E-state index contributed by atoms with van der Waals surface area (Å²) in [6.07, 6.45) is 0.640. The second-order valence-corrected chi connectivity index (χ2v) is 9.76. The van der Waals surface area contributed by atoms with Crippen molar-refractivity contribution >= 4 is 29.3 Å². The number of azide groups is 1. The quantitative estimate of drug-likeness (QED) is 0.0441. The summed E-state index contributed by atoms with van der Waals surface area (Å²) in [6, 6.07) is 14.2. The lowest BCUT2D eigenvalue weighted by Gasteiger charge is -2.12. The van der Waals surface area contributed by atoms with Gasteiger partial charge in [-0.05, 0) is 60.5 Å². The number of nitrogens with zero attached hydrogens (tertiary/aromatic N) is 4. The van der Waals surface area contributed by atoms with Gasteiger partial charge >= 0.3 is 5.97 Å². The SMILES string of the molecule is [N-]=[N+]=NCCCOc1ccc(C(=O)c2ccc(NCCOCCOCCOCCOCCC(=O)ON3C(=O)CCC3=O)cc2)cc1. The number of ketones is 1. The van der Waals surface area contributed by atoms with E-state index in [1.54, 1.807) is 36.4 Å². The lowest BCUT2D eigenvalue weighted by atomic mass is 10.0. The van der Waals surface area contributed by atoms with Crippen LogP contribution >= 0.6 is 0 Å². The Morgan fingerprint density at radius 2 is 1.30 bits per heavy atom. The van der Waals surface area contributed by atoms with Crippen LogP contribution in [0, 0.1) is 0 Å². The molecule has 46 heavy (non-hydrogen) atoms. The molecule has 15 nitrogen and oxygen atoms in total. The van der Waals surface area contributed by atoms with Gasteiger partial charge in [-0.1, -0.05) is 5.11 Å². The molecular formula is C31H39N5O10. The van der Waals surface area contributed by atoms with Crippen LogP contribution in [0.25, 0.3) is 10.4 Å². The van der Waals surface area contributed by atoms with Gasteiger partial charge in [0.15, 0.2) is 5.78 Å². The third kappa shape index (κ3) is 13.6. The average Bonchev–Trinajstić information content (AvgIpc) is 3.38. The lowest BCUT2D eigenvalue weighted by molar-refractivity contribution is -0.198. The average molecular weight is 642 g/mol. The van der Waals surface area contributed by atoms with Crippen molar-refractivity contribution in [3.05, 3.63) is 70.1 Å². The van der Waals surface area contributed by atoms with E-state index in [2.05, 4.69) is 15.3 Å². The summed E-state index contributed by atoms with van der Waals surface area (Å²) < 4.78 is 27.3. The zero-order chi connectivity index (χ0) is 32.8. The summed E-state index contributed by atoms with van der Waals surface area (Å²) in [5.41, 5.74) is 10.3. The van der Waals surface area contributed by atoms with E-state index >= 15 is 0 Å². The molecule has 248 valence electrons. The molecule has 0 spiro atoms. The molecule has 0 bridgehead atoms. The van der Waals surface area contributed by atoms with Crippen molar-refractivity contribution in [2.24, 2.45) is 5.11 Å². The predicted octanol–water partition coefficient (Wildman–Crippen LogP) is 3.47. The normalized spacial score (nSPS) is 12.6. The van der Waals surface area contributed by atoms with Crippen molar-refractivity contribution in [2.45, 2.75) is 25.7 Å². The molecule has 2 aromatic carbocycles. The second kappa shape index (κ2) is 21.2. The van der Waals surface area contributed by atoms with Crippen LogP contribution in [0.5, 0.6) is 5.75 Å². The van der Waals surface area contributed by atoms with Gasteiger partial charge in [0.2, 0.25) is 0 Å². The van der Waals surface area contributed by atoms with Crippen LogP contribution in [-0.4, -0.2) is 101 Å². The Hall–Kier alpha value is -4.53. The third-order valence-electron chi connectivity index (χ3n) is 6.34. The highest BCUT2D eigenvalue weighted by molar-refractivity contribution is 6.09. The van der Waals surface area contributed by atoms with E-state index in [0.29, 0.717) is 87.7 Å². The van der Waals surface area contributed by atoms with Gasteiger partial charge in [0.05, 0.1) is 65.9 Å². The van der Waals surface area contributed by atoms with Crippen LogP contribution in [0.3, 0.4) is 0 Å². The fraction of sp³-hybridized carbons (Fsp3) is 0.484. The number of ether oxygens (including phenoxy) is 5. The standard InChI is InChI=1S/C31H39N5O10/c32-35-34-13-1-15-45-27-8-4-25(5-9-27)31(40)24-2-6-26(7-3-24)33-14-17-42-19-21-44-23-22-43-20-18-41-16-12-30(39)46-36-28(37)10-11-29(36)38/h2-9,33H,1,10-23H2. The molecule has 0 aromatic heterocycles. The maximum absolute atomic E-state index is 12.8. The molecule has 0 unspecified atom stereocenters. The highest BCUT2D eigenvalue weighted by Crippen LogP contribution is 2.17. The fourth-order valence-electron chi connectivity index (χ4n) is 3.97.